The monoisotopic (exact) mass is 290 g/mol. The lowest BCUT2D eigenvalue weighted by atomic mass is 9.88. The van der Waals surface area contributed by atoms with Gasteiger partial charge in [-0.25, -0.2) is 4.39 Å². The predicted octanol–water partition coefficient (Wildman–Crippen LogP) is 3.53. The quantitative estimate of drug-likeness (QED) is 0.481. The Balaban J connectivity index is 2.39. The van der Waals surface area contributed by atoms with Crippen molar-refractivity contribution in [3.8, 4) is 0 Å². The van der Waals surface area contributed by atoms with Crippen molar-refractivity contribution in [2.24, 2.45) is 16.1 Å². The van der Waals surface area contributed by atoms with Crippen LogP contribution in [0.25, 0.3) is 0 Å². The largest absolute Gasteiger partial charge is 0.211 e. The van der Waals surface area contributed by atoms with E-state index in [2.05, 4.69) is 32.8 Å². The van der Waals surface area contributed by atoms with Crippen LogP contribution in [0.15, 0.2) is 43.6 Å². The van der Waals surface area contributed by atoms with Gasteiger partial charge in [0, 0.05) is 0 Å². The van der Waals surface area contributed by atoms with E-state index in [4.69, 9.17) is 0 Å². The van der Waals surface area contributed by atoms with Gasteiger partial charge in [-0.15, -0.1) is 5.11 Å². The van der Waals surface area contributed by atoms with Crippen molar-refractivity contribution in [2.45, 2.75) is 13.0 Å². The van der Waals surface area contributed by atoms with Gasteiger partial charge in [-0.2, -0.15) is 5.11 Å². The molecule has 0 aromatic rings. The van der Waals surface area contributed by atoms with Crippen LogP contribution in [0.2, 0.25) is 0 Å². The van der Waals surface area contributed by atoms with Crippen LogP contribution in [0.5, 0.6) is 0 Å². The van der Waals surface area contributed by atoms with Crippen molar-refractivity contribution < 1.29 is 4.39 Å². The summed E-state index contributed by atoms with van der Waals surface area (Å²) in [5, 5.41) is 8.00. The van der Waals surface area contributed by atoms with E-state index in [0.717, 1.165) is 9.28 Å². The molecule has 0 saturated heterocycles. The second-order valence-corrected chi connectivity index (χ2v) is 4.24. The Morgan fingerprint density at radius 2 is 2.23 bits per heavy atom. The van der Waals surface area contributed by atoms with Gasteiger partial charge in [0.2, 0.25) is 0 Å². The summed E-state index contributed by atoms with van der Waals surface area (Å²) in [5.41, 5.74) is 1.07. The Hall–Kier alpha value is -0.520. The molecule has 4 heteroatoms. The first-order chi connectivity index (χ1) is 6.18. The molecule has 0 radical (unpaired) electrons. The van der Waals surface area contributed by atoms with Crippen LogP contribution >= 0.6 is 22.6 Å². The van der Waals surface area contributed by atoms with Gasteiger partial charge in [0.25, 0.3) is 0 Å². The van der Waals surface area contributed by atoms with Crippen molar-refractivity contribution in [3.63, 3.8) is 0 Å². The van der Waals surface area contributed by atoms with Gasteiger partial charge in [0.05, 0.1) is 5.92 Å². The molecule has 68 valence electrons. The number of allylic oxidation sites excluding steroid dienone is 2. The molecule has 2 unspecified atom stereocenters. The lowest BCUT2D eigenvalue weighted by Gasteiger charge is -2.25. The highest BCUT2D eigenvalue weighted by atomic mass is 127. The normalized spacial score (nSPS) is 31.8. The van der Waals surface area contributed by atoms with Crippen molar-refractivity contribution >= 4 is 22.6 Å². The van der Waals surface area contributed by atoms with Crippen LogP contribution in [-0.2, 0) is 0 Å². The molecular formula is C9H8FIN2. The molecule has 2 atom stereocenters. The van der Waals surface area contributed by atoms with Gasteiger partial charge in [0.1, 0.15) is 15.6 Å². The van der Waals surface area contributed by atoms with Crippen molar-refractivity contribution in [1.29, 1.82) is 0 Å². The van der Waals surface area contributed by atoms with Crippen LogP contribution in [0.4, 0.5) is 4.39 Å². The van der Waals surface area contributed by atoms with E-state index in [1.54, 1.807) is 6.08 Å². The lowest BCUT2D eigenvalue weighted by molar-refractivity contribution is 0.461. The van der Waals surface area contributed by atoms with Gasteiger partial charge >= 0.3 is 0 Å². The lowest BCUT2D eigenvalue weighted by Crippen LogP contribution is -2.23. The second-order valence-electron chi connectivity index (χ2n) is 3.14. The molecule has 0 amide bonds. The fourth-order valence-corrected chi connectivity index (χ4v) is 2.00. The minimum absolute atomic E-state index is 0.122. The molecule has 0 saturated carbocycles. The zero-order valence-electron chi connectivity index (χ0n) is 7.04. The molecule has 0 spiro atoms. The minimum Gasteiger partial charge on any atom is -0.211 e. The molecule has 1 aliphatic carbocycles. The van der Waals surface area contributed by atoms with E-state index in [1.807, 2.05) is 13.0 Å². The standard InChI is InChI=1S/C9H8FIN2/c1-5-2-3-7(10)6-4-8(11)12-13-9(5)6/h2-4,6,9H,1H3. The number of azo groups is 1. The van der Waals surface area contributed by atoms with Crippen LogP contribution in [-0.4, -0.2) is 6.04 Å². The summed E-state index contributed by atoms with van der Waals surface area (Å²) in [6.45, 7) is 1.95. The van der Waals surface area contributed by atoms with Gasteiger partial charge in [-0.05, 0) is 47.2 Å². The number of rotatable bonds is 0. The van der Waals surface area contributed by atoms with Gasteiger partial charge < -0.3 is 0 Å². The van der Waals surface area contributed by atoms with Crippen LogP contribution in [0.3, 0.4) is 0 Å². The molecule has 1 aliphatic heterocycles. The van der Waals surface area contributed by atoms with Gasteiger partial charge in [0.15, 0.2) is 0 Å². The third-order valence-electron chi connectivity index (χ3n) is 2.23. The Kier molecular flexibility index (Phi) is 2.31. The van der Waals surface area contributed by atoms with Crippen molar-refractivity contribution in [1.82, 2.24) is 0 Å². The summed E-state index contributed by atoms with van der Waals surface area (Å²) in [5.74, 6) is -0.349. The number of halogens is 2. The molecule has 0 N–H and O–H groups in total. The molecular weight excluding hydrogens is 282 g/mol. The molecule has 2 rings (SSSR count). The topological polar surface area (TPSA) is 24.7 Å². The highest BCUT2D eigenvalue weighted by Gasteiger charge is 2.30. The third-order valence-corrected chi connectivity index (χ3v) is 2.80. The smallest absolute Gasteiger partial charge is 0.120 e. The summed E-state index contributed by atoms with van der Waals surface area (Å²) in [4.78, 5) is 0. The SMILES string of the molecule is CC1=CC=C(F)C2C=C(I)N=NC12. The second kappa shape index (κ2) is 3.32. The third kappa shape index (κ3) is 1.59. The summed E-state index contributed by atoms with van der Waals surface area (Å²) in [6, 6.07) is -0.122. The zero-order valence-corrected chi connectivity index (χ0v) is 9.19. The van der Waals surface area contributed by atoms with E-state index in [9.17, 15) is 4.39 Å². The fourth-order valence-electron chi connectivity index (χ4n) is 1.49. The predicted molar refractivity (Wildman–Crippen MR) is 57.2 cm³/mol. The van der Waals surface area contributed by atoms with Crippen LogP contribution in [0, 0.1) is 5.92 Å². The molecule has 13 heavy (non-hydrogen) atoms. The number of hydrogen-bond acceptors (Lipinski definition) is 2. The maximum atomic E-state index is 13.3. The van der Waals surface area contributed by atoms with Crippen LogP contribution in [0.1, 0.15) is 6.92 Å². The van der Waals surface area contributed by atoms with Gasteiger partial charge in [-0.1, -0.05) is 6.08 Å². The van der Waals surface area contributed by atoms with Gasteiger partial charge in [-0.3, -0.25) is 0 Å². The molecule has 1 heterocycles. The first-order valence-electron chi connectivity index (χ1n) is 4.00. The average Bonchev–Trinajstić information content (AvgIpc) is 2.12. The molecule has 0 aromatic carbocycles. The summed E-state index contributed by atoms with van der Waals surface area (Å²) in [7, 11) is 0. The Morgan fingerprint density at radius 3 is 3.00 bits per heavy atom. The van der Waals surface area contributed by atoms with E-state index in [0.29, 0.717) is 0 Å². The van der Waals surface area contributed by atoms with E-state index < -0.39 is 0 Å². The molecule has 2 nitrogen and oxygen atoms in total. The first kappa shape index (κ1) is 9.05. The maximum absolute atomic E-state index is 13.3. The summed E-state index contributed by atoms with van der Waals surface area (Å²) >= 11 is 2.05. The number of fused-ring (bicyclic) bond motifs is 1. The van der Waals surface area contributed by atoms with Crippen molar-refractivity contribution in [3.05, 3.63) is 33.3 Å². The summed E-state index contributed by atoms with van der Waals surface area (Å²) in [6.07, 6.45) is 5.10. The molecule has 0 bridgehead atoms. The van der Waals surface area contributed by atoms with E-state index in [-0.39, 0.29) is 17.8 Å². The van der Waals surface area contributed by atoms with E-state index >= 15 is 0 Å². The highest BCUT2D eigenvalue weighted by molar-refractivity contribution is 14.1. The number of nitrogens with zero attached hydrogens (tertiary/aromatic N) is 2. The maximum Gasteiger partial charge on any atom is 0.120 e. The Bertz CT molecular complexity index is 355. The van der Waals surface area contributed by atoms with E-state index in [1.165, 1.54) is 6.08 Å². The zero-order chi connectivity index (χ0) is 9.42. The minimum atomic E-state index is -0.227. The Labute approximate surface area is 89.5 Å². The molecule has 0 aromatic heterocycles. The molecule has 2 aliphatic rings. The number of hydrogen-bond donors (Lipinski definition) is 0. The fraction of sp³-hybridized carbons (Fsp3) is 0.333. The average molecular weight is 290 g/mol. The van der Waals surface area contributed by atoms with Crippen molar-refractivity contribution in [2.75, 3.05) is 0 Å². The molecule has 0 fully saturated rings. The van der Waals surface area contributed by atoms with Crippen LogP contribution < -0.4 is 0 Å². The first-order valence-corrected chi connectivity index (χ1v) is 5.08. The summed E-state index contributed by atoms with van der Waals surface area (Å²) < 4.78 is 14.1. The Morgan fingerprint density at radius 1 is 1.46 bits per heavy atom. The highest BCUT2D eigenvalue weighted by Crippen LogP contribution is 2.35.